The van der Waals surface area contributed by atoms with Gasteiger partial charge in [0.2, 0.25) is 0 Å². The molecule has 0 saturated heterocycles. The van der Waals surface area contributed by atoms with Crippen molar-refractivity contribution < 1.29 is 27.8 Å². The number of sulfonamides is 1. The van der Waals surface area contributed by atoms with Gasteiger partial charge in [-0.25, -0.2) is 18.0 Å². The number of unbranched alkanes of at least 4 members (excludes halogenated alkanes) is 1. The van der Waals surface area contributed by atoms with Gasteiger partial charge in [0.05, 0.1) is 33.8 Å². The first-order valence-electron chi connectivity index (χ1n) is 11.6. The molecule has 4 rings (SSSR count). The van der Waals surface area contributed by atoms with Crippen LogP contribution in [0.3, 0.4) is 0 Å². The quantitative estimate of drug-likeness (QED) is 0.295. The average Bonchev–Trinajstić information content (AvgIpc) is 3.08. The third-order valence-electron chi connectivity index (χ3n) is 5.81. The normalized spacial score (nSPS) is 11.4. The number of imidazole rings is 1. The molecule has 0 amide bonds. The Balaban J connectivity index is 1.77. The van der Waals surface area contributed by atoms with Gasteiger partial charge in [-0.15, -0.1) is 0 Å². The number of aryl methyl sites for hydroxylation is 2. The predicted molar refractivity (Wildman–Crippen MR) is 139 cm³/mol. The molecule has 0 aliphatic heterocycles. The van der Waals surface area contributed by atoms with Gasteiger partial charge >= 0.3 is 11.7 Å². The SMILES string of the molecule is CCCCOc1cccc(Oc2cc3c(cc2NS(=O)(=O)c2cccc(C(=O)O)c2)n(C)c(=O)n3C)c1. The largest absolute Gasteiger partial charge is 0.493 e. The molecule has 1 heterocycles. The van der Waals surface area contributed by atoms with E-state index in [1.54, 1.807) is 44.4 Å². The van der Waals surface area contributed by atoms with Crippen LogP contribution in [-0.2, 0) is 24.1 Å². The van der Waals surface area contributed by atoms with Crippen molar-refractivity contribution in [2.45, 2.75) is 24.7 Å². The Morgan fingerprint density at radius 2 is 1.65 bits per heavy atom. The van der Waals surface area contributed by atoms with Crippen LogP contribution in [0.5, 0.6) is 17.2 Å². The van der Waals surface area contributed by atoms with Crippen molar-refractivity contribution in [3.63, 3.8) is 0 Å². The number of anilines is 1. The predicted octanol–water partition coefficient (Wildman–Crippen LogP) is 4.35. The summed E-state index contributed by atoms with van der Waals surface area (Å²) in [7, 11) is -1.01. The van der Waals surface area contributed by atoms with Gasteiger partial charge in [0.25, 0.3) is 10.0 Å². The van der Waals surface area contributed by atoms with E-state index in [0.29, 0.717) is 29.1 Å². The molecular formula is C26H27N3O7S. The summed E-state index contributed by atoms with van der Waals surface area (Å²) in [6, 6.07) is 15.1. The zero-order valence-corrected chi connectivity index (χ0v) is 21.4. The topological polar surface area (TPSA) is 129 Å². The Hall–Kier alpha value is -4.25. The number of ether oxygens (including phenoxy) is 2. The number of aromatic carboxylic acids is 1. The van der Waals surface area contributed by atoms with Crippen LogP contribution in [0.1, 0.15) is 30.1 Å². The summed E-state index contributed by atoms with van der Waals surface area (Å²) in [6.07, 6.45) is 1.89. The van der Waals surface area contributed by atoms with E-state index in [0.717, 1.165) is 18.9 Å². The minimum absolute atomic E-state index is 0.0757. The summed E-state index contributed by atoms with van der Waals surface area (Å²) in [4.78, 5) is 23.6. The lowest BCUT2D eigenvalue weighted by molar-refractivity contribution is 0.0696. The molecule has 0 saturated carbocycles. The van der Waals surface area contributed by atoms with Crippen molar-refractivity contribution in [2.24, 2.45) is 14.1 Å². The molecule has 0 aliphatic rings. The molecule has 0 spiro atoms. The smallest absolute Gasteiger partial charge is 0.335 e. The van der Waals surface area contributed by atoms with E-state index in [-0.39, 0.29) is 27.6 Å². The summed E-state index contributed by atoms with van der Waals surface area (Å²) in [6.45, 7) is 2.62. The van der Waals surface area contributed by atoms with Gasteiger partial charge in [-0.3, -0.25) is 13.9 Å². The molecule has 3 aromatic carbocycles. The molecule has 0 aliphatic carbocycles. The number of nitrogens with one attached hydrogen (secondary N) is 1. The minimum atomic E-state index is -4.20. The van der Waals surface area contributed by atoms with Crippen LogP contribution < -0.4 is 19.9 Å². The molecule has 0 fully saturated rings. The fourth-order valence-electron chi connectivity index (χ4n) is 3.78. The highest BCUT2D eigenvalue weighted by Crippen LogP contribution is 2.36. The highest BCUT2D eigenvalue weighted by molar-refractivity contribution is 7.92. The summed E-state index contributed by atoms with van der Waals surface area (Å²) in [5.74, 6) is -0.0884. The molecule has 194 valence electrons. The van der Waals surface area contributed by atoms with E-state index in [4.69, 9.17) is 9.47 Å². The van der Waals surface area contributed by atoms with Crippen molar-refractivity contribution in [3.05, 3.63) is 76.7 Å². The van der Waals surface area contributed by atoms with Crippen LogP contribution in [0.4, 0.5) is 5.69 Å². The Morgan fingerprint density at radius 1 is 0.973 bits per heavy atom. The Labute approximate surface area is 213 Å². The van der Waals surface area contributed by atoms with Crippen molar-refractivity contribution >= 4 is 32.7 Å². The maximum Gasteiger partial charge on any atom is 0.335 e. The Bertz CT molecular complexity index is 1640. The molecule has 4 aromatic rings. The number of nitrogens with zero attached hydrogens (tertiary/aromatic N) is 2. The second-order valence-electron chi connectivity index (χ2n) is 8.46. The Morgan fingerprint density at radius 3 is 2.35 bits per heavy atom. The highest BCUT2D eigenvalue weighted by Gasteiger charge is 2.21. The number of benzene rings is 3. The first kappa shape index (κ1) is 25.8. The summed E-state index contributed by atoms with van der Waals surface area (Å²) in [5.41, 5.74) is 0.635. The number of carboxylic acid groups (broad SMARTS) is 1. The second-order valence-corrected chi connectivity index (χ2v) is 10.1. The molecule has 0 bridgehead atoms. The highest BCUT2D eigenvalue weighted by atomic mass is 32.2. The maximum absolute atomic E-state index is 13.2. The molecule has 37 heavy (non-hydrogen) atoms. The van der Waals surface area contributed by atoms with E-state index < -0.39 is 16.0 Å². The van der Waals surface area contributed by atoms with Crippen molar-refractivity contribution in [1.29, 1.82) is 0 Å². The lowest BCUT2D eigenvalue weighted by atomic mass is 10.2. The third-order valence-corrected chi connectivity index (χ3v) is 7.17. The zero-order chi connectivity index (χ0) is 26.7. The van der Waals surface area contributed by atoms with Crippen LogP contribution >= 0.6 is 0 Å². The number of hydrogen-bond donors (Lipinski definition) is 2. The fourth-order valence-corrected chi connectivity index (χ4v) is 4.89. The monoisotopic (exact) mass is 525 g/mol. The summed E-state index contributed by atoms with van der Waals surface area (Å²) in [5, 5.41) is 9.26. The summed E-state index contributed by atoms with van der Waals surface area (Å²) < 4.78 is 43.6. The van der Waals surface area contributed by atoms with Gasteiger partial charge in [-0.2, -0.15) is 0 Å². The van der Waals surface area contributed by atoms with Gasteiger partial charge < -0.3 is 14.6 Å². The minimum Gasteiger partial charge on any atom is -0.493 e. The van der Waals surface area contributed by atoms with Crippen molar-refractivity contribution in [3.8, 4) is 17.2 Å². The standard InChI is InChI=1S/C26H27N3O7S/c1-4-5-12-35-18-9-7-10-19(14-18)36-24-16-23-22(28(2)26(32)29(23)3)15-21(24)27-37(33,34)20-11-6-8-17(13-20)25(30)31/h6-11,13-16,27H,4-5,12H2,1-3H3,(H,30,31). The number of fused-ring (bicyclic) bond motifs is 1. The van der Waals surface area contributed by atoms with Crippen LogP contribution in [0.15, 0.2) is 70.4 Å². The zero-order valence-electron chi connectivity index (χ0n) is 20.6. The first-order valence-corrected chi connectivity index (χ1v) is 13.1. The molecule has 0 unspecified atom stereocenters. The van der Waals surface area contributed by atoms with Gasteiger partial charge in [-0.05, 0) is 42.8 Å². The van der Waals surface area contributed by atoms with Crippen LogP contribution in [0.2, 0.25) is 0 Å². The lowest BCUT2D eigenvalue weighted by Gasteiger charge is -2.15. The molecule has 2 N–H and O–H groups in total. The molecule has 10 nitrogen and oxygen atoms in total. The lowest BCUT2D eigenvalue weighted by Crippen LogP contribution is -2.19. The van der Waals surface area contributed by atoms with Crippen molar-refractivity contribution in [2.75, 3.05) is 11.3 Å². The van der Waals surface area contributed by atoms with Gasteiger partial charge in [0.15, 0.2) is 5.75 Å². The Kier molecular flexibility index (Phi) is 7.25. The van der Waals surface area contributed by atoms with Crippen LogP contribution in [0.25, 0.3) is 11.0 Å². The van der Waals surface area contributed by atoms with E-state index in [1.165, 1.54) is 33.4 Å². The molecular weight excluding hydrogens is 498 g/mol. The van der Waals surface area contributed by atoms with Gasteiger partial charge in [-0.1, -0.05) is 25.5 Å². The van der Waals surface area contributed by atoms with E-state index >= 15 is 0 Å². The number of carbonyl (C=O) groups is 1. The maximum atomic E-state index is 13.2. The molecule has 11 heteroatoms. The fraction of sp³-hybridized carbons (Fsp3) is 0.231. The number of aromatic nitrogens is 2. The van der Waals surface area contributed by atoms with Crippen LogP contribution in [-0.4, -0.2) is 35.2 Å². The van der Waals surface area contributed by atoms with E-state index in [9.17, 15) is 23.1 Å². The van der Waals surface area contributed by atoms with Crippen LogP contribution in [0, 0.1) is 0 Å². The summed E-state index contributed by atoms with van der Waals surface area (Å²) >= 11 is 0. The van der Waals surface area contributed by atoms with E-state index in [1.807, 2.05) is 0 Å². The van der Waals surface area contributed by atoms with E-state index in [2.05, 4.69) is 11.6 Å². The average molecular weight is 526 g/mol. The first-order chi connectivity index (χ1) is 17.6. The second kappa shape index (κ2) is 10.4. The van der Waals surface area contributed by atoms with Gasteiger partial charge in [0.1, 0.15) is 11.5 Å². The molecule has 1 aromatic heterocycles. The molecule has 0 atom stereocenters. The van der Waals surface area contributed by atoms with Crippen molar-refractivity contribution in [1.82, 2.24) is 9.13 Å². The number of carboxylic acids is 1. The third kappa shape index (κ3) is 5.46. The number of hydrogen-bond acceptors (Lipinski definition) is 6. The molecule has 0 radical (unpaired) electrons. The van der Waals surface area contributed by atoms with Gasteiger partial charge in [0, 0.05) is 26.2 Å². The number of rotatable bonds is 10.